The molecular weight excluding hydrogens is 192 g/mol. The molecule has 1 unspecified atom stereocenters. The highest BCUT2D eigenvalue weighted by atomic mass is 16.5. The predicted octanol–water partition coefficient (Wildman–Crippen LogP) is -0.380. The fraction of sp³-hybridized carbons (Fsp3) is 0.625. The Balaban J connectivity index is 4.34. The lowest BCUT2D eigenvalue weighted by Crippen LogP contribution is -2.16. The summed E-state index contributed by atoms with van der Waals surface area (Å²) >= 11 is 0. The monoisotopic (exact) mass is 206 g/mol. The first-order valence-corrected chi connectivity index (χ1v) is 4.10. The van der Waals surface area contributed by atoms with E-state index in [4.69, 9.17) is 20.4 Å². The number of hydrogen-bond donors (Lipinski definition) is 4. The summed E-state index contributed by atoms with van der Waals surface area (Å²) in [5.41, 5.74) is 0. The molecule has 0 aromatic heterocycles. The Morgan fingerprint density at radius 1 is 1.43 bits per heavy atom. The summed E-state index contributed by atoms with van der Waals surface area (Å²) in [6.07, 6.45) is -1.62. The van der Waals surface area contributed by atoms with Crippen molar-refractivity contribution >= 4 is 5.97 Å². The molecule has 0 radical (unpaired) electrons. The highest BCUT2D eigenvalue weighted by molar-refractivity contribution is 5.86. The molecule has 1 atom stereocenters. The van der Waals surface area contributed by atoms with Crippen molar-refractivity contribution in [2.45, 2.75) is 19.4 Å². The number of hydrogen-bond acceptors (Lipinski definition) is 6. The van der Waals surface area contributed by atoms with Gasteiger partial charge in [0.25, 0.3) is 0 Å². The second-order valence-electron chi connectivity index (χ2n) is 2.56. The summed E-state index contributed by atoms with van der Waals surface area (Å²) in [6.45, 7) is 1.05. The minimum Gasteiger partial charge on any atom is -0.508 e. The first kappa shape index (κ1) is 12.7. The maximum atomic E-state index is 10.8. The SMILES string of the molecule is CCOC(=O)/C(O)=C(\O)CC(O)CO. The van der Waals surface area contributed by atoms with Gasteiger partial charge >= 0.3 is 5.97 Å². The number of aliphatic hydroxyl groups is 4. The van der Waals surface area contributed by atoms with E-state index >= 15 is 0 Å². The third-order valence-electron chi connectivity index (χ3n) is 1.38. The molecule has 0 bridgehead atoms. The van der Waals surface area contributed by atoms with Gasteiger partial charge in [-0.2, -0.15) is 0 Å². The molecule has 0 spiro atoms. The van der Waals surface area contributed by atoms with Crippen LogP contribution in [0.4, 0.5) is 0 Å². The Morgan fingerprint density at radius 3 is 2.43 bits per heavy atom. The van der Waals surface area contributed by atoms with Crippen LogP contribution in [0.5, 0.6) is 0 Å². The number of carbonyl (C=O) groups excluding carboxylic acids is 1. The Bertz CT molecular complexity index is 222. The van der Waals surface area contributed by atoms with Crippen LogP contribution in [0.2, 0.25) is 0 Å². The molecule has 0 aliphatic heterocycles. The maximum Gasteiger partial charge on any atom is 0.376 e. The van der Waals surface area contributed by atoms with Crippen molar-refractivity contribution in [1.82, 2.24) is 0 Å². The zero-order valence-corrected chi connectivity index (χ0v) is 7.80. The predicted molar refractivity (Wildman–Crippen MR) is 46.6 cm³/mol. The van der Waals surface area contributed by atoms with Gasteiger partial charge in [-0.25, -0.2) is 4.79 Å². The summed E-state index contributed by atoms with van der Waals surface area (Å²) in [4.78, 5) is 10.8. The largest absolute Gasteiger partial charge is 0.508 e. The molecule has 0 rings (SSSR count). The van der Waals surface area contributed by atoms with Crippen LogP contribution in [-0.2, 0) is 9.53 Å². The smallest absolute Gasteiger partial charge is 0.376 e. The molecule has 0 aliphatic carbocycles. The third-order valence-corrected chi connectivity index (χ3v) is 1.38. The van der Waals surface area contributed by atoms with Crippen molar-refractivity contribution in [3.8, 4) is 0 Å². The van der Waals surface area contributed by atoms with E-state index in [1.165, 1.54) is 0 Å². The highest BCUT2D eigenvalue weighted by Crippen LogP contribution is 2.07. The van der Waals surface area contributed by atoms with Gasteiger partial charge in [0.2, 0.25) is 5.76 Å². The van der Waals surface area contributed by atoms with Crippen molar-refractivity contribution in [3.05, 3.63) is 11.5 Å². The molecule has 0 aromatic carbocycles. The molecule has 0 fully saturated rings. The second kappa shape index (κ2) is 6.22. The lowest BCUT2D eigenvalue weighted by Gasteiger charge is -2.07. The molecule has 0 aromatic rings. The minimum absolute atomic E-state index is 0.0682. The van der Waals surface area contributed by atoms with Crippen molar-refractivity contribution in [2.75, 3.05) is 13.2 Å². The van der Waals surface area contributed by atoms with Crippen LogP contribution in [0, 0.1) is 0 Å². The van der Waals surface area contributed by atoms with Gasteiger partial charge in [-0.3, -0.25) is 0 Å². The zero-order valence-electron chi connectivity index (χ0n) is 7.80. The first-order chi connectivity index (χ1) is 6.52. The number of aliphatic hydroxyl groups excluding tert-OH is 4. The van der Waals surface area contributed by atoms with E-state index < -0.39 is 36.6 Å². The molecule has 0 saturated carbocycles. The summed E-state index contributed by atoms with van der Waals surface area (Å²) < 4.78 is 4.39. The molecule has 0 heterocycles. The average Bonchev–Trinajstić information content (AvgIpc) is 2.16. The Hall–Kier alpha value is -1.27. The van der Waals surface area contributed by atoms with E-state index in [9.17, 15) is 4.79 Å². The summed E-state index contributed by atoms with van der Waals surface area (Å²) in [6, 6.07) is 0. The van der Waals surface area contributed by atoms with Gasteiger partial charge in [-0.15, -0.1) is 0 Å². The van der Waals surface area contributed by atoms with Gasteiger partial charge in [0.05, 0.1) is 19.3 Å². The van der Waals surface area contributed by atoms with Crippen LogP contribution in [0.25, 0.3) is 0 Å². The van der Waals surface area contributed by atoms with Crippen molar-refractivity contribution in [1.29, 1.82) is 0 Å². The van der Waals surface area contributed by atoms with Crippen LogP contribution in [0.15, 0.2) is 11.5 Å². The lowest BCUT2D eigenvalue weighted by atomic mass is 10.2. The fourth-order valence-corrected chi connectivity index (χ4v) is 0.702. The number of ether oxygens (including phenoxy) is 1. The first-order valence-electron chi connectivity index (χ1n) is 4.10. The molecule has 82 valence electrons. The molecule has 0 aliphatic rings. The van der Waals surface area contributed by atoms with Gasteiger partial charge in [-0.1, -0.05) is 0 Å². The van der Waals surface area contributed by atoms with Crippen LogP contribution < -0.4 is 0 Å². The second-order valence-corrected chi connectivity index (χ2v) is 2.56. The lowest BCUT2D eigenvalue weighted by molar-refractivity contribution is -0.141. The highest BCUT2D eigenvalue weighted by Gasteiger charge is 2.17. The van der Waals surface area contributed by atoms with Gasteiger partial charge in [0, 0.05) is 6.42 Å². The van der Waals surface area contributed by atoms with Gasteiger partial charge in [-0.05, 0) is 6.92 Å². The molecule has 4 N–H and O–H groups in total. The minimum atomic E-state index is -1.22. The quantitative estimate of drug-likeness (QED) is 0.277. The van der Waals surface area contributed by atoms with Crippen LogP contribution >= 0.6 is 0 Å². The maximum absolute atomic E-state index is 10.8. The zero-order chi connectivity index (χ0) is 11.1. The average molecular weight is 206 g/mol. The van der Waals surface area contributed by atoms with E-state index in [0.717, 1.165) is 0 Å². The molecular formula is C8H14O6. The van der Waals surface area contributed by atoms with Gasteiger partial charge in [0.15, 0.2) is 0 Å². The number of esters is 1. The fourth-order valence-electron chi connectivity index (χ4n) is 0.702. The topological polar surface area (TPSA) is 107 Å². The molecule has 6 nitrogen and oxygen atoms in total. The van der Waals surface area contributed by atoms with E-state index in [0.29, 0.717) is 0 Å². The van der Waals surface area contributed by atoms with Crippen LogP contribution in [0.3, 0.4) is 0 Å². The Kier molecular flexibility index (Phi) is 5.66. The number of carbonyl (C=O) groups is 1. The standard InChI is InChI=1S/C8H14O6/c1-2-14-8(13)7(12)6(11)3-5(10)4-9/h5,9-12H,2-4H2,1H3/b7-6+. The van der Waals surface area contributed by atoms with Crippen LogP contribution in [0.1, 0.15) is 13.3 Å². The Labute approximate surface area is 81.1 Å². The summed E-state index contributed by atoms with van der Waals surface area (Å²) in [5, 5.41) is 35.4. The van der Waals surface area contributed by atoms with E-state index in [2.05, 4.69) is 4.74 Å². The summed E-state index contributed by atoms with van der Waals surface area (Å²) in [7, 11) is 0. The molecule has 0 amide bonds. The van der Waals surface area contributed by atoms with Crippen LogP contribution in [-0.4, -0.2) is 45.7 Å². The van der Waals surface area contributed by atoms with E-state index in [1.807, 2.05) is 0 Å². The Morgan fingerprint density at radius 2 is 2.00 bits per heavy atom. The van der Waals surface area contributed by atoms with E-state index in [-0.39, 0.29) is 6.61 Å². The molecule has 14 heavy (non-hydrogen) atoms. The van der Waals surface area contributed by atoms with Crippen molar-refractivity contribution in [3.63, 3.8) is 0 Å². The molecule has 0 saturated heterocycles. The van der Waals surface area contributed by atoms with Crippen molar-refractivity contribution < 1.29 is 30.0 Å². The normalized spacial score (nSPS) is 14.5. The third kappa shape index (κ3) is 4.11. The van der Waals surface area contributed by atoms with Crippen molar-refractivity contribution in [2.24, 2.45) is 0 Å². The van der Waals surface area contributed by atoms with Gasteiger partial charge in [0.1, 0.15) is 5.76 Å². The molecule has 6 heteroatoms. The number of rotatable bonds is 5. The van der Waals surface area contributed by atoms with E-state index in [1.54, 1.807) is 6.92 Å². The summed E-state index contributed by atoms with van der Waals surface area (Å²) in [5.74, 6) is -2.71. The van der Waals surface area contributed by atoms with Gasteiger partial charge < -0.3 is 25.2 Å².